The van der Waals surface area contributed by atoms with Crippen LogP contribution in [0.1, 0.15) is 6.92 Å². The average Bonchev–Trinajstić information content (AvgIpc) is 1.88. The van der Waals surface area contributed by atoms with Gasteiger partial charge in [0, 0.05) is 0 Å². The predicted octanol–water partition coefficient (Wildman–Crippen LogP) is -0.290. The molecule has 0 aromatic carbocycles. The second-order valence-corrected chi connectivity index (χ2v) is 5.23. The van der Waals surface area contributed by atoms with E-state index in [2.05, 4.69) is 16.3 Å². The molecule has 0 aliphatic carbocycles. The maximum Gasteiger partial charge on any atom is -1.00 e. The van der Waals surface area contributed by atoms with E-state index in [4.69, 9.17) is 34.8 Å². The molecule has 0 saturated carbocycles. The Morgan fingerprint density at radius 2 is 1.69 bits per heavy atom. The molecule has 0 aliphatic rings. The molecule has 0 heterocycles. The van der Waals surface area contributed by atoms with Crippen LogP contribution in [0.4, 0.5) is 0 Å². The van der Waals surface area contributed by atoms with Crippen LogP contribution in [0.25, 0.3) is 0 Å². The summed E-state index contributed by atoms with van der Waals surface area (Å²) in [7, 11) is 0. The maximum atomic E-state index is 10.4. The summed E-state index contributed by atoms with van der Waals surface area (Å²) in [6.45, 7) is 1.85. The Morgan fingerprint density at radius 3 is 1.77 bits per heavy atom. The van der Waals surface area contributed by atoms with Gasteiger partial charge in [0.05, 0.1) is 6.61 Å². The molecule has 0 atom stereocenters. The Morgan fingerprint density at radius 1 is 1.38 bits per heavy atom. The van der Waals surface area contributed by atoms with Crippen molar-refractivity contribution >= 4 is 56.0 Å². The first kappa shape index (κ1) is 19.7. The molecule has 0 aliphatic heterocycles. The van der Waals surface area contributed by atoms with Gasteiger partial charge in [0.1, 0.15) is 0 Å². The summed E-state index contributed by atoms with van der Waals surface area (Å²) in [5, 5.41) is 0. The molecule has 0 N–H and O–H groups in total. The van der Waals surface area contributed by atoms with Gasteiger partial charge in [-0.3, -0.25) is 0 Å². The van der Waals surface area contributed by atoms with E-state index in [-0.39, 0.29) is 19.0 Å². The first-order valence-corrected chi connectivity index (χ1v) is 6.82. The summed E-state index contributed by atoms with van der Waals surface area (Å²) in [4.78, 5) is 10.4. The Kier molecular flexibility index (Phi) is 17.0. The van der Waals surface area contributed by atoms with Gasteiger partial charge in [0.2, 0.25) is 0 Å². The summed E-state index contributed by atoms with van der Waals surface area (Å²) >= 11 is 16.1. The molecule has 0 bridgehead atoms. The number of carbonyl (C=O) groups excluding carboxylic acids is 1. The molecular weight excluding hydrogens is 273 g/mol. The van der Waals surface area contributed by atoms with Gasteiger partial charge >= 0.3 is 32.8 Å². The Labute approximate surface area is 106 Å². The van der Waals surface area contributed by atoms with Gasteiger partial charge in [0.25, 0.3) is 3.79 Å². The molecule has 13 heavy (non-hydrogen) atoms. The number of rotatable bonds is 1. The molecule has 0 aromatic rings. The van der Waals surface area contributed by atoms with E-state index in [1.807, 2.05) is 0 Å². The smallest absolute Gasteiger partial charge is 1.00 e. The minimum absolute atomic E-state index is 0. The van der Waals surface area contributed by atoms with Crippen molar-refractivity contribution in [3.63, 3.8) is 0 Å². The second-order valence-electron chi connectivity index (χ2n) is 1.80. The number of ether oxygens (including phenoxy) is 1. The molecule has 7 heteroatoms. The normalized spacial score (nSPS) is 8.46. The molecule has 0 aromatic heterocycles. The van der Waals surface area contributed by atoms with E-state index in [1.54, 1.807) is 6.92 Å². The van der Waals surface area contributed by atoms with Gasteiger partial charge < -0.3 is 17.1 Å². The van der Waals surface area contributed by atoms with Gasteiger partial charge in [0.15, 0.2) is 0 Å². The summed E-state index contributed by atoms with van der Waals surface area (Å²) in [6, 6.07) is 0. The van der Waals surface area contributed by atoms with Crippen molar-refractivity contribution in [1.29, 1.82) is 0 Å². The minimum Gasteiger partial charge on any atom is -1.00 e. The molecule has 2 nitrogen and oxygen atoms in total. The number of carbonyl (C=O) groups is 1. The van der Waals surface area contributed by atoms with Crippen molar-refractivity contribution in [2.24, 2.45) is 0 Å². The van der Waals surface area contributed by atoms with E-state index >= 15 is 0 Å². The Balaban J connectivity index is -0.000000220. The molecule has 0 rings (SSSR count). The topological polar surface area (TPSA) is 26.3 Å². The van der Waals surface area contributed by atoms with Crippen molar-refractivity contribution in [2.75, 3.05) is 6.61 Å². The van der Waals surface area contributed by atoms with Crippen LogP contribution < -0.4 is 12.4 Å². The van der Waals surface area contributed by atoms with Crippen LogP contribution in [-0.4, -0.2) is 31.6 Å². The van der Waals surface area contributed by atoms with Crippen LogP contribution >= 0.6 is 34.8 Å². The monoisotopic (exact) mass is 282 g/mol. The summed E-state index contributed by atoms with van der Waals surface area (Å²) < 4.78 is 2.44. The number of hydrogen-bond acceptors (Lipinski definition) is 2. The van der Waals surface area contributed by atoms with Crippen molar-refractivity contribution < 1.29 is 21.9 Å². The molecule has 0 unspecified atom stereocenters. The number of esters is 1. The fourth-order valence-corrected chi connectivity index (χ4v) is 0.377. The largest absolute Gasteiger partial charge is 1.00 e. The Bertz CT molecular complexity index is 126. The van der Waals surface area contributed by atoms with Crippen LogP contribution in [0, 0.1) is 0 Å². The van der Waals surface area contributed by atoms with Gasteiger partial charge in [-0.2, -0.15) is 0 Å². The second kappa shape index (κ2) is 11.2. The predicted molar refractivity (Wildman–Crippen MR) is 54.4 cm³/mol. The van der Waals surface area contributed by atoms with Gasteiger partial charge in [-0.05, 0) is 6.92 Å². The molecule has 0 saturated heterocycles. The molecular formula is C6H11AlCl4O2. The fraction of sp³-hybridized carbons (Fsp3) is 0.833. The van der Waals surface area contributed by atoms with Crippen LogP contribution in [0.5, 0.6) is 0 Å². The van der Waals surface area contributed by atoms with E-state index in [9.17, 15) is 4.79 Å². The maximum absolute atomic E-state index is 10.4. The summed E-state index contributed by atoms with van der Waals surface area (Å²) in [6.07, 6.45) is 0. The molecule has 78 valence electrons. The minimum atomic E-state index is -1.93. The molecule has 0 radical (unpaired) electrons. The first-order chi connectivity index (χ1) is 5.40. The van der Waals surface area contributed by atoms with Crippen molar-refractivity contribution in [2.45, 2.75) is 22.3 Å². The zero-order valence-corrected chi connectivity index (χ0v) is 11.8. The summed E-state index contributed by atoms with van der Waals surface area (Å²) in [5.74, 6) is 3.58. The van der Waals surface area contributed by atoms with Crippen molar-refractivity contribution in [3.8, 4) is 0 Å². The third kappa shape index (κ3) is 15.9. The van der Waals surface area contributed by atoms with Gasteiger partial charge in [-0.15, -0.1) is 0 Å². The quantitative estimate of drug-likeness (QED) is 0.376. The molecule has 0 amide bonds. The van der Waals surface area contributed by atoms with Crippen LogP contribution in [0.15, 0.2) is 0 Å². The van der Waals surface area contributed by atoms with Gasteiger partial charge in [-0.1, -0.05) is 34.8 Å². The first-order valence-electron chi connectivity index (χ1n) is 3.38. The average molecular weight is 284 g/mol. The molecule has 0 spiro atoms. The number of alkyl halides is 3. The van der Waals surface area contributed by atoms with E-state index < -0.39 is 9.76 Å². The summed E-state index contributed by atoms with van der Waals surface area (Å²) in [5.41, 5.74) is 0. The third-order valence-electron chi connectivity index (χ3n) is 0.507. The van der Waals surface area contributed by atoms with Gasteiger partial charge in [-0.25, -0.2) is 4.79 Å². The standard InChI is InChI=1S/C4H5Cl3O2.2CH3.Al.ClH/c1-2-9-3(8)4(5,6)7;;;;/h2H2,1H3;2*1H3;;1H/q;;;+1;/p-1. The van der Waals surface area contributed by atoms with Crippen molar-refractivity contribution in [1.82, 2.24) is 0 Å². The third-order valence-corrected chi connectivity index (χ3v) is 0.970. The van der Waals surface area contributed by atoms with Crippen LogP contribution in [0.3, 0.4) is 0 Å². The van der Waals surface area contributed by atoms with E-state index in [0.717, 1.165) is 15.2 Å². The van der Waals surface area contributed by atoms with Crippen LogP contribution in [0.2, 0.25) is 11.6 Å². The number of hydrogen-bond donors (Lipinski definition) is 0. The van der Waals surface area contributed by atoms with Crippen LogP contribution in [-0.2, 0) is 9.53 Å². The van der Waals surface area contributed by atoms with Crippen molar-refractivity contribution in [3.05, 3.63) is 0 Å². The number of halogens is 4. The van der Waals surface area contributed by atoms with E-state index in [1.165, 1.54) is 0 Å². The molecule has 0 fully saturated rings. The SMILES string of the molecule is CCOC(=O)C(Cl)(Cl)Cl.[CH3][Al+][CH3].[Cl-]. The zero-order chi connectivity index (χ0) is 10.2. The van der Waals surface area contributed by atoms with E-state index in [0.29, 0.717) is 0 Å². The Hall–Kier alpha value is 1.16. The fourth-order valence-electron chi connectivity index (χ4n) is 0.213. The zero-order valence-electron chi connectivity index (χ0n) is 7.61.